The number of fused-ring (bicyclic) bond motifs is 2. The first-order chi connectivity index (χ1) is 14.8. The Morgan fingerprint density at radius 1 is 0.967 bits per heavy atom. The van der Waals surface area contributed by atoms with Gasteiger partial charge in [-0.25, -0.2) is 4.68 Å². The molecule has 3 heterocycles. The van der Waals surface area contributed by atoms with E-state index in [1.165, 1.54) is 5.56 Å². The molecule has 2 aliphatic rings. The molecule has 0 radical (unpaired) electrons. The van der Waals surface area contributed by atoms with Gasteiger partial charge in [0.25, 0.3) is 0 Å². The molecule has 3 aromatic rings. The fourth-order valence-corrected chi connectivity index (χ4v) is 4.14. The van der Waals surface area contributed by atoms with Crippen LogP contribution >= 0.6 is 0 Å². The fourth-order valence-electron chi connectivity index (χ4n) is 4.14. The number of nitrogens with one attached hydrogen (secondary N) is 1. The van der Waals surface area contributed by atoms with Crippen LogP contribution in [0, 0.1) is 0 Å². The molecule has 5 rings (SSSR count). The van der Waals surface area contributed by atoms with Gasteiger partial charge in [0.1, 0.15) is 36.2 Å². The maximum Gasteiger partial charge on any atom is 0.163 e. The predicted octanol–water partition coefficient (Wildman–Crippen LogP) is 4.08. The number of hydrogen-bond acceptors (Lipinski definition) is 6. The van der Waals surface area contributed by atoms with Gasteiger partial charge in [-0.1, -0.05) is 6.07 Å². The minimum atomic E-state index is 0.551. The minimum Gasteiger partial charge on any atom is -0.496 e. The second-order valence-corrected chi connectivity index (χ2v) is 7.34. The van der Waals surface area contributed by atoms with Gasteiger partial charge in [-0.05, 0) is 43.5 Å². The van der Waals surface area contributed by atoms with Crippen LogP contribution in [-0.4, -0.2) is 43.8 Å². The largest absolute Gasteiger partial charge is 0.496 e. The number of rotatable bonds is 4. The van der Waals surface area contributed by atoms with Gasteiger partial charge in [0, 0.05) is 18.2 Å². The third kappa shape index (κ3) is 3.10. The highest BCUT2D eigenvalue weighted by molar-refractivity contribution is 5.80. The summed E-state index contributed by atoms with van der Waals surface area (Å²) >= 11 is 0. The van der Waals surface area contributed by atoms with Gasteiger partial charge in [0.2, 0.25) is 0 Å². The first-order valence-electron chi connectivity index (χ1n) is 10.3. The van der Waals surface area contributed by atoms with Crippen LogP contribution in [0.15, 0.2) is 36.4 Å². The zero-order valence-corrected chi connectivity index (χ0v) is 17.2. The molecule has 2 aromatic carbocycles. The van der Waals surface area contributed by atoms with Gasteiger partial charge < -0.3 is 24.3 Å². The summed E-state index contributed by atoms with van der Waals surface area (Å²) in [6.45, 7) is 2.03. The van der Waals surface area contributed by atoms with Gasteiger partial charge in [-0.3, -0.25) is 0 Å². The average Bonchev–Trinajstić information content (AvgIpc) is 2.98. The van der Waals surface area contributed by atoms with Gasteiger partial charge in [0.15, 0.2) is 11.5 Å². The molecule has 0 aliphatic carbocycles. The molecule has 7 heteroatoms. The number of aromatic nitrogens is 2. The molecule has 7 nitrogen and oxygen atoms in total. The van der Waals surface area contributed by atoms with Crippen LogP contribution in [0.5, 0.6) is 23.0 Å². The zero-order valence-electron chi connectivity index (χ0n) is 17.2. The van der Waals surface area contributed by atoms with Crippen molar-refractivity contribution in [3.05, 3.63) is 42.0 Å². The number of nitrogens with zero attached hydrogens (tertiary/aromatic N) is 2. The highest BCUT2D eigenvalue weighted by atomic mass is 16.6. The van der Waals surface area contributed by atoms with Gasteiger partial charge in [-0.15, -0.1) is 0 Å². The van der Waals surface area contributed by atoms with Crippen molar-refractivity contribution in [3.8, 4) is 39.9 Å². The summed E-state index contributed by atoms with van der Waals surface area (Å²) in [6.07, 6.45) is 3.14. The normalized spacial score (nSPS) is 15.0. The summed E-state index contributed by atoms with van der Waals surface area (Å²) in [6, 6.07) is 11.7. The first-order valence-corrected chi connectivity index (χ1v) is 10.3. The van der Waals surface area contributed by atoms with Crippen molar-refractivity contribution in [1.82, 2.24) is 9.78 Å². The summed E-state index contributed by atoms with van der Waals surface area (Å²) in [4.78, 5) is 0. The van der Waals surface area contributed by atoms with E-state index in [0.717, 1.165) is 71.6 Å². The lowest BCUT2D eigenvalue weighted by atomic mass is 10.0. The Labute approximate surface area is 175 Å². The van der Waals surface area contributed by atoms with E-state index in [0.29, 0.717) is 13.2 Å². The highest BCUT2D eigenvalue weighted by Crippen LogP contribution is 2.43. The zero-order chi connectivity index (χ0) is 20.5. The number of anilines is 1. The van der Waals surface area contributed by atoms with E-state index in [4.69, 9.17) is 24.0 Å². The molecular formula is C23H25N3O4. The second-order valence-electron chi connectivity index (χ2n) is 7.34. The van der Waals surface area contributed by atoms with Crippen LogP contribution < -0.4 is 24.3 Å². The molecule has 0 amide bonds. The third-order valence-electron chi connectivity index (χ3n) is 5.56. The van der Waals surface area contributed by atoms with Crippen LogP contribution in [-0.2, 0) is 6.42 Å². The van der Waals surface area contributed by atoms with E-state index in [9.17, 15) is 0 Å². The Kier molecular flexibility index (Phi) is 4.86. The third-order valence-corrected chi connectivity index (χ3v) is 5.56. The summed E-state index contributed by atoms with van der Waals surface area (Å²) in [5.74, 6) is 4.00. The molecule has 1 aromatic heterocycles. The molecular weight excluding hydrogens is 382 g/mol. The van der Waals surface area contributed by atoms with Gasteiger partial charge in [-0.2, -0.15) is 5.10 Å². The summed E-state index contributed by atoms with van der Waals surface area (Å²) < 4.78 is 24.8. The van der Waals surface area contributed by atoms with Crippen LogP contribution in [0.3, 0.4) is 0 Å². The van der Waals surface area contributed by atoms with Crippen molar-refractivity contribution in [2.24, 2.45) is 0 Å². The van der Waals surface area contributed by atoms with Gasteiger partial charge >= 0.3 is 0 Å². The summed E-state index contributed by atoms with van der Waals surface area (Å²) in [7, 11) is 3.35. The van der Waals surface area contributed by atoms with E-state index < -0.39 is 0 Å². The van der Waals surface area contributed by atoms with Crippen molar-refractivity contribution >= 4 is 5.82 Å². The lowest BCUT2D eigenvalue weighted by Crippen LogP contribution is -2.15. The smallest absolute Gasteiger partial charge is 0.163 e. The Balaban J connectivity index is 1.71. The number of hydrogen-bond donors (Lipinski definition) is 1. The molecule has 0 saturated heterocycles. The molecule has 30 heavy (non-hydrogen) atoms. The monoisotopic (exact) mass is 407 g/mol. The Bertz CT molecular complexity index is 1050. The Morgan fingerprint density at radius 3 is 2.50 bits per heavy atom. The molecule has 2 aliphatic heterocycles. The molecule has 0 spiro atoms. The van der Waals surface area contributed by atoms with Crippen molar-refractivity contribution in [3.63, 3.8) is 0 Å². The summed E-state index contributed by atoms with van der Waals surface area (Å²) in [5.41, 5.74) is 3.84. The van der Waals surface area contributed by atoms with E-state index >= 15 is 0 Å². The molecule has 0 saturated carbocycles. The van der Waals surface area contributed by atoms with Crippen molar-refractivity contribution in [1.29, 1.82) is 0 Å². The number of benzene rings is 2. The highest BCUT2D eigenvalue weighted by Gasteiger charge is 2.26. The quantitative estimate of drug-likeness (QED) is 0.703. The Hall–Kier alpha value is -3.35. The topological polar surface area (TPSA) is 66.8 Å². The fraction of sp³-hybridized carbons (Fsp3) is 0.348. The van der Waals surface area contributed by atoms with Crippen LogP contribution in [0.2, 0.25) is 0 Å². The standard InChI is InChI=1S/C23H25N3O4/c1-27-18-7-5-8-19(28-2)21(18)22-16-6-3-4-11-24-23(16)26(25-22)15-9-10-17-20(14-15)30-13-12-29-17/h5,7-10,14,24H,3-4,6,11-13H2,1-2H3. The van der Waals surface area contributed by atoms with Crippen LogP contribution in [0.4, 0.5) is 5.82 Å². The summed E-state index contributed by atoms with van der Waals surface area (Å²) in [5, 5.41) is 8.62. The van der Waals surface area contributed by atoms with E-state index in [-0.39, 0.29) is 0 Å². The van der Waals surface area contributed by atoms with Crippen molar-refractivity contribution < 1.29 is 18.9 Å². The number of methoxy groups -OCH3 is 2. The molecule has 1 N–H and O–H groups in total. The molecule has 156 valence electrons. The van der Waals surface area contributed by atoms with Crippen molar-refractivity contribution in [2.75, 3.05) is 39.3 Å². The van der Waals surface area contributed by atoms with E-state index in [1.54, 1.807) is 14.2 Å². The minimum absolute atomic E-state index is 0.551. The molecule has 0 fully saturated rings. The maximum absolute atomic E-state index is 5.79. The van der Waals surface area contributed by atoms with Crippen molar-refractivity contribution in [2.45, 2.75) is 19.3 Å². The van der Waals surface area contributed by atoms with Crippen LogP contribution in [0.25, 0.3) is 16.9 Å². The molecule has 0 atom stereocenters. The second kappa shape index (κ2) is 7.82. The molecule has 0 bridgehead atoms. The Morgan fingerprint density at radius 2 is 1.73 bits per heavy atom. The van der Waals surface area contributed by atoms with E-state index in [1.807, 2.05) is 41.1 Å². The predicted molar refractivity (Wildman–Crippen MR) is 115 cm³/mol. The first kappa shape index (κ1) is 18.7. The molecule has 0 unspecified atom stereocenters. The van der Waals surface area contributed by atoms with E-state index in [2.05, 4.69) is 5.32 Å². The lowest BCUT2D eigenvalue weighted by Gasteiger charge is -2.19. The van der Waals surface area contributed by atoms with Gasteiger partial charge in [0.05, 0.1) is 25.5 Å². The number of ether oxygens (including phenoxy) is 4. The average molecular weight is 407 g/mol. The lowest BCUT2D eigenvalue weighted by molar-refractivity contribution is 0.171. The SMILES string of the molecule is COc1cccc(OC)c1-c1nn(-c2ccc3c(c2)OCCO3)c2c1CCCCN2. The van der Waals surface area contributed by atoms with Crippen LogP contribution in [0.1, 0.15) is 18.4 Å². The maximum atomic E-state index is 5.79.